The van der Waals surface area contributed by atoms with Crippen molar-refractivity contribution < 1.29 is 0 Å². The lowest BCUT2D eigenvalue weighted by Gasteiger charge is -1.96. The van der Waals surface area contributed by atoms with E-state index in [1.165, 1.54) is 18.0 Å². The van der Waals surface area contributed by atoms with Gasteiger partial charge in [0.25, 0.3) is 0 Å². The minimum Gasteiger partial charge on any atom is -0.213 e. The Hall–Kier alpha value is 0.290. The average molecular weight is 280 g/mol. The molecule has 0 aromatic carbocycles. The lowest BCUT2D eigenvalue weighted by Crippen LogP contribution is -1.91. The van der Waals surface area contributed by atoms with Crippen LogP contribution >= 0.6 is 34.1 Å². The van der Waals surface area contributed by atoms with Crippen LogP contribution in [0.2, 0.25) is 0 Å². The van der Waals surface area contributed by atoms with Gasteiger partial charge in [0.2, 0.25) is 0 Å². The second-order valence-corrected chi connectivity index (χ2v) is 6.16. The van der Waals surface area contributed by atoms with Crippen LogP contribution in [0.5, 0.6) is 0 Å². The molecule has 1 atom stereocenters. The van der Waals surface area contributed by atoms with Crippen LogP contribution in [0.25, 0.3) is 0 Å². The van der Waals surface area contributed by atoms with Gasteiger partial charge in [0, 0.05) is 5.92 Å². The molecule has 0 amide bonds. The van der Waals surface area contributed by atoms with Crippen molar-refractivity contribution in [1.29, 1.82) is 0 Å². The molecule has 1 aliphatic rings. The molecule has 0 saturated heterocycles. The fourth-order valence-electron chi connectivity index (χ4n) is 1.26. The fourth-order valence-corrected chi connectivity index (χ4v) is 2.28. The van der Waals surface area contributed by atoms with E-state index in [1.54, 1.807) is 0 Å². The van der Waals surface area contributed by atoms with Crippen LogP contribution in [0, 0.1) is 8.43 Å². The number of hydrogen-bond donors (Lipinski definition) is 0. The van der Waals surface area contributed by atoms with Crippen LogP contribution in [0.15, 0.2) is 0 Å². The van der Waals surface area contributed by atoms with Gasteiger partial charge in [-0.2, -0.15) is 4.37 Å². The first-order chi connectivity index (χ1) is 5.09. The molecule has 0 radical (unpaired) electrons. The quantitative estimate of drug-likeness (QED) is 0.739. The molecule has 1 heterocycles. The van der Waals surface area contributed by atoms with Gasteiger partial charge in [0.1, 0.15) is 5.82 Å². The Morgan fingerprint density at radius 1 is 1.64 bits per heavy atom. The lowest BCUT2D eigenvalue weighted by molar-refractivity contribution is 0.611. The summed E-state index contributed by atoms with van der Waals surface area (Å²) in [6.07, 6.45) is 1.25. The zero-order valence-electron chi connectivity index (χ0n) is 6.47. The SMILES string of the molecule is CC1(C)CC1c1nsc(I)n1. The first kappa shape index (κ1) is 7.91. The molecule has 1 fully saturated rings. The van der Waals surface area contributed by atoms with Gasteiger partial charge in [-0.1, -0.05) is 13.8 Å². The van der Waals surface area contributed by atoms with Crippen LogP contribution in [0.1, 0.15) is 32.0 Å². The minimum absolute atomic E-state index is 0.462. The molecule has 1 unspecified atom stereocenters. The second kappa shape index (κ2) is 2.39. The Morgan fingerprint density at radius 3 is 2.64 bits per heavy atom. The molecule has 2 nitrogen and oxygen atoms in total. The standard InChI is InChI=1S/C7H9IN2S/c1-7(2)3-4(7)5-9-6(8)11-10-5/h4H,3H2,1-2H3. The number of aromatic nitrogens is 2. The topological polar surface area (TPSA) is 25.8 Å². The van der Waals surface area contributed by atoms with Crippen molar-refractivity contribution in [2.75, 3.05) is 0 Å². The normalized spacial score (nSPS) is 27.0. The van der Waals surface area contributed by atoms with E-state index >= 15 is 0 Å². The summed E-state index contributed by atoms with van der Waals surface area (Å²) in [5.74, 6) is 1.69. The van der Waals surface area contributed by atoms with Gasteiger partial charge in [-0.3, -0.25) is 0 Å². The van der Waals surface area contributed by atoms with Gasteiger partial charge in [-0.25, -0.2) is 4.98 Å². The molecule has 1 aromatic heterocycles. The molecular formula is C7H9IN2S. The van der Waals surface area contributed by atoms with Crippen LogP contribution in [0.3, 0.4) is 0 Å². The van der Waals surface area contributed by atoms with E-state index in [9.17, 15) is 0 Å². The highest BCUT2D eigenvalue weighted by Crippen LogP contribution is 2.57. The third-order valence-corrected chi connectivity index (χ3v) is 3.59. The predicted molar refractivity (Wildman–Crippen MR) is 53.8 cm³/mol. The molecular weight excluding hydrogens is 271 g/mol. The highest BCUT2D eigenvalue weighted by atomic mass is 127. The first-order valence-corrected chi connectivity index (χ1v) is 5.44. The summed E-state index contributed by atoms with van der Waals surface area (Å²) in [5, 5.41) is 0. The Morgan fingerprint density at radius 2 is 2.27 bits per heavy atom. The molecule has 1 aromatic rings. The maximum absolute atomic E-state index is 4.36. The zero-order chi connectivity index (χ0) is 8.06. The summed E-state index contributed by atoms with van der Waals surface area (Å²) in [6, 6.07) is 0. The van der Waals surface area contributed by atoms with Crippen molar-refractivity contribution in [1.82, 2.24) is 9.36 Å². The Labute approximate surface area is 83.7 Å². The van der Waals surface area contributed by atoms with Crippen molar-refractivity contribution in [2.24, 2.45) is 5.41 Å². The number of nitrogens with zero attached hydrogens (tertiary/aromatic N) is 2. The second-order valence-electron chi connectivity index (χ2n) is 3.65. The Kier molecular flexibility index (Phi) is 1.72. The molecule has 11 heavy (non-hydrogen) atoms. The van der Waals surface area contributed by atoms with E-state index in [2.05, 4.69) is 45.8 Å². The van der Waals surface area contributed by atoms with E-state index in [0.717, 1.165) is 8.84 Å². The third kappa shape index (κ3) is 1.42. The lowest BCUT2D eigenvalue weighted by atomic mass is 10.1. The number of halogens is 1. The van der Waals surface area contributed by atoms with E-state index < -0.39 is 0 Å². The van der Waals surface area contributed by atoms with Crippen molar-refractivity contribution in [3.05, 3.63) is 8.84 Å². The van der Waals surface area contributed by atoms with Gasteiger partial charge in [-0.15, -0.1) is 0 Å². The van der Waals surface area contributed by atoms with Crippen molar-refractivity contribution in [2.45, 2.75) is 26.2 Å². The molecule has 0 spiro atoms. The summed E-state index contributed by atoms with van der Waals surface area (Å²) in [5.41, 5.74) is 0.462. The van der Waals surface area contributed by atoms with Crippen molar-refractivity contribution in [3.63, 3.8) is 0 Å². The zero-order valence-corrected chi connectivity index (χ0v) is 9.44. The van der Waals surface area contributed by atoms with E-state index in [-0.39, 0.29) is 0 Å². The maximum Gasteiger partial charge on any atom is 0.173 e. The summed E-state index contributed by atoms with van der Waals surface area (Å²) in [7, 11) is 0. The van der Waals surface area contributed by atoms with Crippen molar-refractivity contribution >= 4 is 34.1 Å². The van der Waals surface area contributed by atoms with E-state index in [0.29, 0.717) is 11.3 Å². The smallest absolute Gasteiger partial charge is 0.173 e. The molecule has 0 bridgehead atoms. The van der Waals surface area contributed by atoms with Gasteiger partial charge < -0.3 is 0 Å². The van der Waals surface area contributed by atoms with Crippen LogP contribution in [-0.4, -0.2) is 9.36 Å². The predicted octanol–water partition coefficient (Wildman–Crippen LogP) is 2.66. The maximum atomic E-state index is 4.36. The monoisotopic (exact) mass is 280 g/mol. The molecule has 4 heteroatoms. The molecule has 0 aliphatic heterocycles. The summed E-state index contributed by atoms with van der Waals surface area (Å²) < 4.78 is 5.35. The summed E-state index contributed by atoms with van der Waals surface area (Å²) in [6.45, 7) is 4.54. The molecule has 1 saturated carbocycles. The summed E-state index contributed by atoms with van der Waals surface area (Å²) in [4.78, 5) is 4.36. The Bertz CT molecular complexity index is 282. The molecule has 2 rings (SSSR count). The van der Waals surface area contributed by atoms with Crippen LogP contribution < -0.4 is 0 Å². The van der Waals surface area contributed by atoms with Gasteiger partial charge in [0.15, 0.2) is 3.01 Å². The van der Waals surface area contributed by atoms with E-state index in [4.69, 9.17) is 0 Å². The van der Waals surface area contributed by atoms with Crippen LogP contribution in [-0.2, 0) is 0 Å². The summed E-state index contributed by atoms with van der Waals surface area (Å²) >= 11 is 3.72. The fraction of sp³-hybridized carbons (Fsp3) is 0.714. The highest BCUT2D eigenvalue weighted by Gasteiger charge is 2.48. The minimum atomic E-state index is 0.462. The van der Waals surface area contributed by atoms with Gasteiger partial charge in [0.05, 0.1) is 0 Å². The average Bonchev–Trinajstić information content (AvgIpc) is 2.39. The third-order valence-electron chi connectivity index (χ3n) is 2.24. The van der Waals surface area contributed by atoms with Crippen molar-refractivity contribution in [3.8, 4) is 0 Å². The number of hydrogen-bond acceptors (Lipinski definition) is 3. The largest absolute Gasteiger partial charge is 0.213 e. The van der Waals surface area contributed by atoms with Crippen LogP contribution in [0.4, 0.5) is 0 Å². The first-order valence-electron chi connectivity index (χ1n) is 3.59. The number of rotatable bonds is 1. The Balaban J connectivity index is 2.20. The van der Waals surface area contributed by atoms with E-state index in [1.807, 2.05) is 0 Å². The highest BCUT2D eigenvalue weighted by molar-refractivity contribution is 14.1. The van der Waals surface area contributed by atoms with Gasteiger partial charge >= 0.3 is 0 Å². The molecule has 0 N–H and O–H groups in total. The van der Waals surface area contributed by atoms with Gasteiger partial charge in [-0.05, 0) is 46.0 Å². The molecule has 60 valence electrons. The molecule has 1 aliphatic carbocycles.